The van der Waals surface area contributed by atoms with Crippen LogP contribution in [0, 0.1) is 15.5 Å². The van der Waals surface area contributed by atoms with Gasteiger partial charge in [0.25, 0.3) is 11.6 Å². The van der Waals surface area contributed by atoms with Crippen LogP contribution in [0.15, 0.2) is 18.2 Å². The molecule has 24 heavy (non-hydrogen) atoms. The van der Waals surface area contributed by atoms with Gasteiger partial charge in [-0.3, -0.25) is 14.9 Å². The maximum atomic E-state index is 12.7. The second kappa shape index (κ2) is 7.68. The summed E-state index contributed by atoms with van der Waals surface area (Å²) in [6.07, 6.45) is 4.19. The van der Waals surface area contributed by atoms with Crippen LogP contribution in [0.2, 0.25) is 5.02 Å². The van der Waals surface area contributed by atoms with E-state index in [0.29, 0.717) is 18.5 Å². The number of piperidine rings is 2. The van der Waals surface area contributed by atoms with Crippen molar-refractivity contribution in [2.45, 2.75) is 25.7 Å². The van der Waals surface area contributed by atoms with Crippen molar-refractivity contribution in [1.82, 2.24) is 10.2 Å². The Labute approximate surface area is 152 Å². The number of halogens is 2. The summed E-state index contributed by atoms with van der Waals surface area (Å²) in [5.74, 6) is -0.328. The lowest BCUT2D eigenvalue weighted by molar-refractivity contribution is -0.385. The number of nitro groups is 1. The Hall–Kier alpha value is -1.37. The molecular weight excluding hydrogens is 353 g/mol. The predicted molar refractivity (Wildman–Crippen MR) is 95.0 cm³/mol. The Morgan fingerprint density at radius 1 is 1.21 bits per heavy atom. The summed E-state index contributed by atoms with van der Waals surface area (Å²) in [7, 11) is 0. The molecule has 2 aliphatic heterocycles. The Kier molecular flexibility index (Phi) is 6.06. The van der Waals surface area contributed by atoms with Crippen LogP contribution in [0.1, 0.15) is 36.0 Å². The van der Waals surface area contributed by atoms with Gasteiger partial charge in [0.15, 0.2) is 0 Å². The highest BCUT2D eigenvalue weighted by Gasteiger charge is 2.38. The van der Waals surface area contributed by atoms with Crippen molar-refractivity contribution in [3.05, 3.63) is 38.9 Å². The van der Waals surface area contributed by atoms with Gasteiger partial charge in [0.2, 0.25) is 0 Å². The largest absolute Gasteiger partial charge is 0.338 e. The maximum absolute atomic E-state index is 12.7. The van der Waals surface area contributed by atoms with Crippen molar-refractivity contribution in [2.24, 2.45) is 5.41 Å². The third kappa shape index (κ3) is 3.66. The Morgan fingerprint density at radius 2 is 1.83 bits per heavy atom. The van der Waals surface area contributed by atoms with E-state index in [1.165, 1.54) is 18.2 Å². The zero-order valence-electron chi connectivity index (χ0n) is 13.3. The standard InChI is InChI=1S/C16H20ClN3O3.ClH/c17-12-2-1-3-13(20(22)23)14(12)15(21)19-10-6-16(7-11-19)4-8-18-9-5-16;/h1-3,18H,4-11H2;1H. The fourth-order valence-corrected chi connectivity index (χ4v) is 3.93. The SMILES string of the molecule is Cl.O=C(c1c(Cl)cccc1[N+](=O)[O-])N1CCC2(CCNCC2)CC1. The molecular formula is C16H21Cl2N3O3. The summed E-state index contributed by atoms with van der Waals surface area (Å²) < 4.78 is 0. The van der Waals surface area contributed by atoms with Gasteiger partial charge in [-0.2, -0.15) is 0 Å². The number of hydrogen-bond donors (Lipinski definition) is 1. The van der Waals surface area contributed by atoms with Gasteiger partial charge in [0, 0.05) is 19.2 Å². The van der Waals surface area contributed by atoms with Crippen LogP contribution in [0.25, 0.3) is 0 Å². The second-order valence-electron chi connectivity index (χ2n) is 6.43. The first-order valence-electron chi connectivity index (χ1n) is 7.95. The van der Waals surface area contributed by atoms with Gasteiger partial charge < -0.3 is 10.2 Å². The van der Waals surface area contributed by atoms with E-state index in [-0.39, 0.29) is 34.6 Å². The van der Waals surface area contributed by atoms with Crippen molar-refractivity contribution in [2.75, 3.05) is 26.2 Å². The smallest absolute Gasteiger partial charge is 0.283 e. The zero-order chi connectivity index (χ0) is 16.4. The highest BCUT2D eigenvalue weighted by molar-refractivity contribution is 6.34. The molecule has 3 rings (SSSR count). The van der Waals surface area contributed by atoms with E-state index < -0.39 is 4.92 Å². The molecule has 0 atom stereocenters. The van der Waals surface area contributed by atoms with Crippen molar-refractivity contribution >= 4 is 35.6 Å². The maximum Gasteiger partial charge on any atom is 0.283 e. The number of rotatable bonds is 2. The molecule has 6 nitrogen and oxygen atoms in total. The minimum Gasteiger partial charge on any atom is -0.338 e. The Balaban J connectivity index is 0.00000208. The molecule has 1 aromatic rings. The van der Waals surface area contributed by atoms with Crippen LogP contribution in [0.4, 0.5) is 5.69 Å². The fraction of sp³-hybridized carbons (Fsp3) is 0.562. The molecule has 2 heterocycles. The molecule has 2 fully saturated rings. The van der Waals surface area contributed by atoms with Crippen LogP contribution in [-0.4, -0.2) is 41.9 Å². The number of nitrogens with zero attached hydrogens (tertiary/aromatic N) is 2. The van der Waals surface area contributed by atoms with Crippen LogP contribution >= 0.6 is 24.0 Å². The highest BCUT2D eigenvalue weighted by Crippen LogP contribution is 2.40. The third-order valence-electron chi connectivity index (χ3n) is 5.18. The van der Waals surface area contributed by atoms with Crippen molar-refractivity contribution < 1.29 is 9.72 Å². The lowest BCUT2D eigenvalue weighted by Gasteiger charge is -2.44. The van der Waals surface area contributed by atoms with Crippen LogP contribution in [0.5, 0.6) is 0 Å². The number of hydrogen-bond acceptors (Lipinski definition) is 4. The predicted octanol–water partition coefficient (Wildman–Crippen LogP) is 3.28. The van der Waals surface area contributed by atoms with Crippen molar-refractivity contribution in [3.63, 3.8) is 0 Å². The number of likely N-dealkylation sites (tertiary alicyclic amines) is 1. The number of carbonyl (C=O) groups excluding carboxylic acids is 1. The zero-order valence-corrected chi connectivity index (χ0v) is 14.9. The molecule has 0 saturated carbocycles. The van der Waals surface area contributed by atoms with E-state index in [9.17, 15) is 14.9 Å². The quantitative estimate of drug-likeness (QED) is 0.637. The van der Waals surface area contributed by atoms with E-state index in [1.807, 2.05) is 0 Å². The van der Waals surface area contributed by atoms with E-state index in [4.69, 9.17) is 11.6 Å². The Bertz CT molecular complexity index is 623. The molecule has 1 aromatic carbocycles. The molecule has 0 bridgehead atoms. The van der Waals surface area contributed by atoms with Crippen LogP contribution in [-0.2, 0) is 0 Å². The molecule has 0 aliphatic carbocycles. The van der Waals surface area contributed by atoms with Gasteiger partial charge in [0.05, 0.1) is 9.95 Å². The average molecular weight is 374 g/mol. The number of nitro benzene ring substituents is 1. The number of amides is 1. The van der Waals surface area contributed by atoms with Gasteiger partial charge in [0.1, 0.15) is 5.56 Å². The third-order valence-corrected chi connectivity index (χ3v) is 5.49. The normalized spacial score (nSPS) is 19.6. The first-order chi connectivity index (χ1) is 11.0. The molecule has 1 N–H and O–H groups in total. The summed E-state index contributed by atoms with van der Waals surface area (Å²) in [6.45, 7) is 3.34. The van der Waals surface area contributed by atoms with Gasteiger partial charge >= 0.3 is 0 Å². The first kappa shape index (κ1) is 19.0. The molecule has 1 amide bonds. The lowest BCUT2D eigenvalue weighted by Crippen LogP contribution is -2.47. The molecule has 0 aromatic heterocycles. The topological polar surface area (TPSA) is 75.5 Å². The van der Waals surface area contributed by atoms with Crippen molar-refractivity contribution in [3.8, 4) is 0 Å². The summed E-state index contributed by atoms with van der Waals surface area (Å²) in [5, 5.41) is 14.7. The van der Waals surface area contributed by atoms with Gasteiger partial charge in [-0.1, -0.05) is 17.7 Å². The molecule has 1 spiro atoms. The van der Waals surface area contributed by atoms with E-state index in [1.54, 1.807) is 4.90 Å². The van der Waals surface area contributed by atoms with E-state index in [0.717, 1.165) is 38.8 Å². The van der Waals surface area contributed by atoms with Crippen molar-refractivity contribution in [1.29, 1.82) is 0 Å². The van der Waals surface area contributed by atoms with Gasteiger partial charge in [-0.05, 0) is 50.3 Å². The van der Waals surface area contributed by atoms with Crippen LogP contribution < -0.4 is 5.32 Å². The van der Waals surface area contributed by atoms with Gasteiger partial charge in [-0.15, -0.1) is 12.4 Å². The number of benzene rings is 1. The average Bonchev–Trinajstić information content (AvgIpc) is 2.55. The molecule has 0 unspecified atom stereocenters. The minimum absolute atomic E-state index is 0. The minimum atomic E-state index is -0.544. The molecule has 2 aliphatic rings. The number of carbonyl (C=O) groups is 1. The number of nitrogens with one attached hydrogen (secondary N) is 1. The fourth-order valence-electron chi connectivity index (χ4n) is 3.68. The summed E-state index contributed by atoms with van der Waals surface area (Å²) in [4.78, 5) is 25.1. The summed E-state index contributed by atoms with van der Waals surface area (Å²) >= 11 is 6.07. The van der Waals surface area contributed by atoms with Gasteiger partial charge in [-0.25, -0.2) is 0 Å². The molecule has 8 heteroatoms. The van der Waals surface area contributed by atoms with E-state index in [2.05, 4.69) is 5.32 Å². The lowest BCUT2D eigenvalue weighted by atomic mass is 9.71. The molecule has 132 valence electrons. The summed E-state index contributed by atoms with van der Waals surface area (Å²) in [5.41, 5.74) is 0.124. The second-order valence-corrected chi connectivity index (χ2v) is 6.84. The Morgan fingerprint density at radius 3 is 2.42 bits per heavy atom. The van der Waals surface area contributed by atoms with Crippen LogP contribution in [0.3, 0.4) is 0 Å². The molecule has 2 saturated heterocycles. The monoisotopic (exact) mass is 373 g/mol. The molecule has 0 radical (unpaired) electrons. The summed E-state index contributed by atoms with van der Waals surface area (Å²) in [6, 6.07) is 4.36. The highest BCUT2D eigenvalue weighted by atomic mass is 35.5. The first-order valence-corrected chi connectivity index (χ1v) is 8.33. The van der Waals surface area contributed by atoms with E-state index >= 15 is 0 Å².